The maximum Gasteiger partial charge on any atom is 0.416 e. The third-order valence-corrected chi connectivity index (χ3v) is 3.29. The van der Waals surface area contributed by atoms with E-state index in [-0.39, 0.29) is 11.5 Å². The second kappa shape index (κ2) is 3.76. The molecule has 1 aliphatic heterocycles. The molecule has 2 atom stereocenters. The molecule has 0 saturated carbocycles. The summed E-state index contributed by atoms with van der Waals surface area (Å²) in [5.41, 5.74) is -0.648. The van der Waals surface area contributed by atoms with Crippen molar-refractivity contribution in [3.63, 3.8) is 0 Å². The van der Waals surface area contributed by atoms with Gasteiger partial charge in [-0.1, -0.05) is 28.1 Å². The number of hydrogen-bond acceptors (Lipinski definition) is 1. The van der Waals surface area contributed by atoms with Crippen LogP contribution in [0.25, 0.3) is 0 Å². The highest BCUT2D eigenvalue weighted by Crippen LogP contribution is 2.38. The average Bonchev–Trinajstić information content (AvgIpc) is 2.18. The molecule has 2 nitrogen and oxygen atoms in total. The normalized spacial score (nSPS) is 29.1. The van der Waals surface area contributed by atoms with Crippen LogP contribution in [-0.4, -0.2) is 16.9 Å². The zero-order valence-corrected chi connectivity index (χ0v) is 9.47. The zero-order chi connectivity index (χ0) is 11.9. The van der Waals surface area contributed by atoms with Gasteiger partial charge in [0, 0.05) is 22.5 Å². The highest BCUT2D eigenvalue weighted by molar-refractivity contribution is 9.09. The molecule has 6 heteroatoms. The van der Waals surface area contributed by atoms with Gasteiger partial charge in [-0.25, -0.2) is 0 Å². The number of fused-ring (bicyclic) bond motifs is 1. The molecule has 0 radical (unpaired) electrons. The molecule has 1 amide bonds. The number of allylic oxidation sites excluding steroid dienone is 4. The van der Waals surface area contributed by atoms with Crippen LogP contribution in [0.2, 0.25) is 0 Å². The summed E-state index contributed by atoms with van der Waals surface area (Å²) in [4.78, 5) is 10.9. The van der Waals surface area contributed by atoms with Crippen molar-refractivity contribution in [1.82, 2.24) is 5.32 Å². The lowest BCUT2D eigenvalue weighted by molar-refractivity contribution is -0.117. The predicted molar refractivity (Wildman–Crippen MR) is 55.7 cm³/mol. The van der Waals surface area contributed by atoms with Crippen LogP contribution in [-0.2, 0) is 4.79 Å². The smallest absolute Gasteiger partial charge is 0.329 e. The van der Waals surface area contributed by atoms with E-state index in [4.69, 9.17) is 0 Å². The second-order valence-electron chi connectivity index (χ2n) is 3.52. The van der Waals surface area contributed by atoms with E-state index in [2.05, 4.69) is 21.2 Å². The lowest BCUT2D eigenvalue weighted by Gasteiger charge is -2.28. The Labute approximate surface area is 98.0 Å². The van der Waals surface area contributed by atoms with Crippen LogP contribution >= 0.6 is 15.9 Å². The summed E-state index contributed by atoms with van der Waals surface area (Å²) in [5, 5.41) is 2.37. The van der Waals surface area contributed by atoms with E-state index in [9.17, 15) is 18.0 Å². The number of amides is 1. The fraction of sp³-hybridized carbons (Fsp3) is 0.300. The van der Waals surface area contributed by atoms with Crippen LogP contribution in [0.3, 0.4) is 0 Å². The molecule has 86 valence electrons. The first-order valence-corrected chi connectivity index (χ1v) is 5.43. The Morgan fingerprint density at radius 3 is 2.69 bits per heavy atom. The minimum atomic E-state index is -4.43. The lowest BCUT2D eigenvalue weighted by Crippen LogP contribution is -2.34. The highest BCUT2D eigenvalue weighted by atomic mass is 79.9. The number of alkyl halides is 4. The van der Waals surface area contributed by atoms with Gasteiger partial charge in [0.1, 0.15) is 0 Å². The molecule has 1 heterocycles. The van der Waals surface area contributed by atoms with E-state index < -0.39 is 22.5 Å². The van der Waals surface area contributed by atoms with E-state index in [1.807, 2.05) is 0 Å². The third-order valence-electron chi connectivity index (χ3n) is 2.46. The van der Waals surface area contributed by atoms with Crippen LogP contribution in [0.4, 0.5) is 13.2 Å². The first kappa shape index (κ1) is 11.4. The summed E-state index contributed by atoms with van der Waals surface area (Å²) in [6.07, 6.45) is 0.672. The molecule has 0 saturated heterocycles. The number of nitrogens with one attached hydrogen (secondary N) is 1. The molecule has 0 fully saturated rings. The maximum atomic E-state index is 12.5. The Morgan fingerprint density at radius 1 is 1.38 bits per heavy atom. The summed E-state index contributed by atoms with van der Waals surface area (Å²) in [5.74, 6) is -0.813. The van der Waals surface area contributed by atoms with E-state index in [1.165, 1.54) is 6.20 Å². The van der Waals surface area contributed by atoms with Crippen molar-refractivity contribution in [2.75, 3.05) is 0 Å². The van der Waals surface area contributed by atoms with Gasteiger partial charge >= 0.3 is 6.18 Å². The molecule has 0 aromatic rings. The van der Waals surface area contributed by atoms with Crippen LogP contribution in [0.15, 0.2) is 35.6 Å². The van der Waals surface area contributed by atoms with Gasteiger partial charge in [-0.15, -0.1) is 0 Å². The van der Waals surface area contributed by atoms with Crippen molar-refractivity contribution in [1.29, 1.82) is 0 Å². The van der Waals surface area contributed by atoms with Crippen molar-refractivity contribution in [3.8, 4) is 0 Å². The fourth-order valence-electron chi connectivity index (χ4n) is 1.67. The summed E-state index contributed by atoms with van der Waals surface area (Å²) >= 11 is 3.14. The van der Waals surface area contributed by atoms with E-state index in [1.54, 1.807) is 6.08 Å². The van der Waals surface area contributed by atoms with Gasteiger partial charge in [0.25, 0.3) is 5.91 Å². The summed E-state index contributed by atoms with van der Waals surface area (Å²) in [7, 11) is 0. The first-order chi connectivity index (χ1) is 7.39. The van der Waals surface area contributed by atoms with Crippen LogP contribution in [0.5, 0.6) is 0 Å². The minimum Gasteiger partial charge on any atom is -0.329 e. The van der Waals surface area contributed by atoms with Gasteiger partial charge in [-0.3, -0.25) is 4.79 Å². The fourth-order valence-corrected chi connectivity index (χ4v) is 2.42. The van der Waals surface area contributed by atoms with Crippen molar-refractivity contribution in [3.05, 3.63) is 35.6 Å². The Balaban J connectivity index is 2.43. The Kier molecular flexibility index (Phi) is 2.69. The number of carbonyl (C=O) groups is 1. The summed E-state index contributed by atoms with van der Waals surface area (Å²) in [6.45, 7) is 0. The monoisotopic (exact) mass is 293 g/mol. The highest BCUT2D eigenvalue weighted by Gasteiger charge is 2.39. The van der Waals surface area contributed by atoms with Gasteiger partial charge in [0.15, 0.2) is 0 Å². The summed E-state index contributed by atoms with van der Waals surface area (Å²) in [6, 6.07) is 0. The van der Waals surface area contributed by atoms with Crippen LogP contribution in [0, 0.1) is 5.92 Å². The average molecular weight is 294 g/mol. The van der Waals surface area contributed by atoms with Crippen molar-refractivity contribution < 1.29 is 18.0 Å². The van der Waals surface area contributed by atoms with Gasteiger partial charge < -0.3 is 5.32 Å². The van der Waals surface area contributed by atoms with Gasteiger partial charge in [-0.2, -0.15) is 13.2 Å². The first-order valence-electron chi connectivity index (χ1n) is 4.52. The minimum absolute atomic E-state index is 0.138. The van der Waals surface area contributed by atoms with Crippen LogP contribution in [0.1, 0.15) is 0 Å². The number of rotatable bonds is 0. The lowest BCUT2D eigenvalue weighted by atomic mass is 9.86. The van der Waals surface area contributed by atoms with Gasteiger partial charge in [0.05, 0.1) is 5.57 Å². The molecular weight excluding hydrogens is 287 g/mol. The molecule has 1 N–H and O–H groups in total. The van der Waals surface area contributed by atoms with Crippen LogP contribution < -0.4 is 5.32 Å². The Bertz CT molecular complexity index is 422. The van der Waals surface area contributed by atoms with Crippen molar-refractivity contribution >= 4 is 21.8 Å². The van der Waals surface area contributed by atoms with Gasteiger partial charge in [-0.05, 0) is 6.08 Å². The quantitative estimate of drug-likeness (QED) is 0.683. The summed E-state index contributed by atoms with van der Waals surface area (Å²) < 4.78 is 37.6. The molecule has 2 unspecified atom stereocenters. The second-order valence-corrected chi connectivity index (χ2v) is 4.58. The third kappa shape index (κ3) is 1.93. The maximum absolute atomic E-state index is 12.5. The predicted octanol–water partition coefficient (Wildman–Crippen LogP) is 2.44. The Morgan fingerprint density at radius 2 is 2.06 bits per heavy atom. The molecule has 0 spiro atoms. The molecule has 2 aliphatic rings. The topological polar surface area (TPSA) is 29.1 Å². The Hall–Kier alpha value is -1.04. The zero-order valence-electron chi connectivity index (χ0n) is 7.88. The number of halogens is 4. The van der Waals surface area contributed by atoms with E-state index >= 15 is 0 Å². The molecule has 16 heavy (non-hydrogen) atoms. The van der Waals surface area contributed by atoms with Gasteiger partial charge in [0.2, 0.25) is 0 Å². The van der Waals surface area contributed by atoms with E-state index in [0.29, 0.717) is 0 Å². The molecule has 0 bridgehead atoms. The molecular formula is C10H7BrF3NO. The molecule has 0 aromatic carbocycles. The molecule has 1 aliphatic carbocycles. The molecule has 2 rings (SSSR count). The van der Waals surface area contributed by atoms with Crippen molar-refractivity contribution in [2.24, 2.45) is 5.92 Å². The molecule has 0 aromatic heterocycles. The largest absolute Gasteiger partial charge is 0.416 e. The number of carbonyl (C=O) groups excluding carboxylic acids is 1. The number of hydrogen-bond donors (Lipinski definition) is 1. The standard InChI is InChI=1S/C10H7BrF3NO/c11-8-4-5(10(12,13)14)3-7-6(8)1-2-15-9(7)16/h1-4,6,8H,(H,15,16). The van der Waals surface area contributed by atoms with Crippen molar-refractivity contribution in [2.45, 2.75) is 11.0 Å². The van der Waals surface area contributed by atoms with E-state index in [0.717, 1.165) is 12.2 Å². The SMILES string of the molecule is O=C1NC=CC2C1=CC(C(F)(F)F)=CC2Br.